The highest BCUT2D eigenvalue weighted by Crippen LogP contribution is 1.99. The average Bonchev–Trinajstić information content (AvgIpc) is 2.13. The first-order chi connectivity index (χ1) is 4.68. The molecule has 0 bridgehead atoms. The Morgan fingerprint density at radius 3 is 2.73 bits per heavy atom. The molecule has 0 radical (unpaired) electrons. The van der Waals surface area contributed by atoms with Gasteiger partial charge in [0.15, 0.2) is 5.82 Å². The van der Waals surface area contributed by atoms with Gasteiger partial charge in [-0.1, -0.05) is 0 Å². The minimum Gasteiger partial charge on any atom is -0.309 e. The van der Waals surface area contributed by atoms with Gasteiger partial charge in [-0.05, 0) is 0 Å². The zero-order valence-electron chi connectivity index (χ0n) is 6.37. The summed E-state index contributed by atoms with van der Waals surface area (Å²) in [6.07, 6.45) is 1.77. The standard InChI is InChI=1S/C6H9N3O.ClH/c1-5(10)7-6-3-4-9(2)8-6;/h3-4H,1-2H3,(H,7,8,10);1H. The fourth-order valence-electron chi connectivity index (χ4n) is 0.662. The van der Waals surface area contributed by atoms with Gasteiger partial charge in [0, 0.05) is 26.2 Å². The zero-order chi connectivity index (χ0) is 7.56. The predicted molar refractivity (Wildman–Crippen MR) is 44.8 cm³/mol. The summed E-state index contributed by atoms with van der Waals surface area (Å²) in [5, 5.41) is 6.49. The van der Waals surface area contributed by atoms with Crippen molar-refractivity contribution in [1.29, 1.82) is 0 Å². The number of amides is 1. The number of hydrogen-bond donors (Lipinski definition) is 1. The summed E-state index contributed by atoms with van der Waals surface area (Å²) in [6.45, 7) is 1.45. The van der Waals surface area contributed by atoms with Crippen LogP contribution in [-0.4, -0.2) is 15.7 Å². The predicted octanol–water partition coefficient (Wildman–Crippen LogP) is 0.800. The van der Waals surface area contributed by atoms with Crippen molar-refractivity contribution in [2.24, 2.45) is 7.05 Å². The van der Waals surface area contributed by atoms with E-state index < -0.39 is 0 Å². The van der Waals surface area contributed by atoms with Crippen molar-refractivity contribution in [3.63, 3.8) is 0 Å². The van der Waals surface area contributed by atoms with E-state index in [9.17, 15) is 4.79 Å². The van der Waals surface area contributed by atoms with Crippen molar-refractivity contribution in [2.75, 3.05) is 5.32 Å². The summed E-state index contributed by atoms with van der Waals surface area (Å²) in [5.41, 5.74) is 0. The molecule has 62 valence electrons. The van der Waals surface area contributed by atoms with E-state index in [1.165, 1.54) is 6.92 Å². The van der Waals surface area contributed by atoms with Crippen LogP contribution in [0.15, 0.2) is 12.3 Å². The minimum absolute atomic E-state index is 0. The zero-order valence-corrected chi connectivity index (χ0v) is 7.18. The molecule has 1 amide bonds. The number of nitrogens with one attached hydrogen (secondary N) is 1. The normalized spacial score (nSPS) is 8.55. The quantitative estimate of drug-likeness (QED) is 0.687. The third-order valence-corrected chi connectivity index (χ3v) is 1.02. The van der Waals surface area contributed by atoms with Crippen molar-refractivity contribution >= 4 is 24.1 Å². The molecule has 0 spiro atoms. The van der Waals surface area contributed by atoms with Crippen LogP contribution in [0.4, 0.5) is 5.82 Å². The number of halogens is 1. The number of aromatic nitrogens is 2. The number of aryl methyl sites for hydroxylation is 1. The molecule has 1 N–H and O–H groups in total. The van der Waals surface area contributed by atoms with Crippen LogP contribution in [0, 0.1) is 0 Å². The van der Waals surface area contributed by atoms with Crippen LogP contribution < -0.4 is 5.32 Å². The third-order valence-electron chi connectivity index (χ3n) is 1.02. The van der Waals surface area contributed by atoms with Gasteiger partial charge in [0.05, 0.1) is 0 Å². The van der Waals surface area contributed by atoms with Gasteiger partial charge in [-0.2, -0.15) is 5.10 Å². The molecule has 0 aliphatic heterocycles. The maximum absolute atomic E-state index is 10.5. The number of carbonyl (C=O) groups excluding carboxylic acids is 1. The number of carbonyl (C=O) groups is 1. The van der Waals surface area contributed by atoms with Gasteiger partial charge in [0.25, 0.3) is 0 Å². The van der Waals surface area contributed by atoms with E-state index in [4.69, 9.17) is 0 Å². The summed E-state index contributed by atoms with van der Waals surface area (Å²) >= 11 is 0. The second-order valence-corrected chi connectivity index (χ2v) is 2.06. The Morgan fingerprint density at radius 1 is 1.73 bits per heavy atom. The first-order valence-corrected chi connectivity index (χ1v) is 2.96. The average molecular weight is 176 g/mol. The lowest BCUT2D eigenvalue weighted by atomic mass is 10.6. The van der Waals surface area contributed by atoms with Gasteiger partial charge in [-0.3, -0.25) is 9.48 Å². The number of nitrogens with zero attached hydrogens (tertiary/aromatic N) is 2. The first kappa shape index (κ1) is 9.97. The Labute approximate surface area is 71.0 Å². The molecule has 1 aromatic heterocycles. The molecule has 1 aromatic rings. The van der Waals surface area contributed by atoms with Crippen LogP contribution in [0.25, 0.3) is 0 Å². The second-order valence-electron chi connectivity index (χ2n) is 2.06. The van der Waals surface area contributed by atoms with E-state index in [2.05, 4.69) is 10.4 Å². The SMILES string of the molecule is CC(=O)Nc1ccn(C)n1.Cl. The summed E-state index contributed by atoms with van der Waals surface area (Å²) in [6, 6.07) is 1.74. The molecular formula is C6H10ClN3O. The van der Waals surface area contributed by atoms with E-state index >= 15 is 0 Å². The topological polar surface area (TPSA) is 46.9 Å². The van der Waals surface area contributed by atoms with Crippen LogP contribution in [0.2, 0.25) is 0 Å². The molecule has 0 atom stereocenters. The fraction of sp³-hybridized carbons (Fsp3) is 0.333. The van der Waals surface area contributed by atoms with Crippen molar-refractivity contribution in [1.82, 2.24) is 9.78 Å². The Hall–Kier alpha value is -1.03. The lowest BCUT2D eigenvalue weighted by molar-refractivity contribution is -0.114. The summed E-state index contributed by atoms with van der Waals surface area (Å²) in [7, 11) is 1.80. The summed E-state index contributed by atoms with van der Waals surface area (Å²) < 4.78 is 1.63. The van der Waals surface area contributed by atoms with Crippen molar-refractivity contribution in [3.8, 4) is 0 Å². The molecule has 0 aliphatic rings. The van der Waals surface area contributed by atoms with E-state index in [0.29, 0.717) is 5.82 Å². The Bertz CT molecular complexity index is 246. The van der Waals surface area contributed by atoms with Crippen molar-refractivity contribution < 1.29 is 4.79 Å². The van der Waals surface area contributed by atoms with Crippen LogP contribution in [-0.2, 0) is 11.8 Å². The molecule has 0 aromatic carbocycles. The van der Waals surface area contributed by atoms with Crippen LogP contribution >= 0.6 is 12.4 Å². The molecular weight excluding hydrogens is 166 g/mol. The molecule has 5 heteroatoms. The number of anilines is 1. The van der Waals surface area contributed by atoms with Gasteiger partial charge in [0.2, 0.25) is 5.91 Å². The van der Waals surface area contributed by atoms with E-state index in [0.717, 1.165) is 0 Å². The van der Waals surface area contributed by atoms with Crippen LogP contribution in [0.3, 0.4) is 0 Å². The first-order valence-electron chi connectivity index (χ1n) is 2.96. The minimum atomic E-state index is -0.0984. The lowest BCUT2D eigenvalue weighted by Crippen LogP contribution is -2.06. The van der Waals surface area contributed by atoms with Gasteiger partial charge < -0.3 is 5.32 Å². The molecule has 11 heavy (non-hydrogen) atoms. The molecule has 0 unspecified atom stereocenters. The van der Waals surface area contributed by atoms with Gasteiger partial charge in [0.1, 0.15) is 0 Å². The summed E-state index contributed by atoms with van der Waals surface area (Å²) in [5.74, 6) is 0.494. The molecule has 4 nitrogen and oxygen atoms in total. The van der Waals surface area contributed by atoms with E-state index in [1.54, 1.807) is 24.0 Å². The van der Waals surface area contributed by atoms with E-state index in [-0.39, 0.29) is 18.3 Å². The van der Waals surface area contributed by atoms with Crippen LogP contribution in [0.1, 0.15) is 6.92 Å². The summed E-state index contributed by atoms with van der Waals surface area (Å²) in [4.78, 5) is 10.5. The highest BCUT2D eigenvalue weighted by atomic mass is 35.5. The molecule has 0 aliphatic carbocycles. The Balaban J connectivity index is 0.000001000. The van der Waals surface area contributed by atoms with Crippen molar-refractivity contribution in [3.05, 3.63) is 12.3 Å². The fourth-order valence-corrected chi connectivity index (χ4v) is 0.662. The number of hydrogen-bond acceptors (Lipinski definition) is 2. The molecule has 0 saturated carbocycles. The maximum Gasteiger partial charge on any atom is 0.222 e. The largest absolute Gasteiger partial charge is 0.309 e. The smallest absolute Gasteiger partial charge is 0.222 e. The molecule has 0 fully saturated rings. The monoisotopic (exact) mass is 175 g/mol. The Kier molecular flexibility index (Phi) is 3.60. The highest BCUT2D eigenvalue weighted by Gasteiger charge is 1.95. The molecule has 1 rings (SSSR count). The third kappa shape index (κ3) is 3.04. The second kappa shape index (κ2) is 3.98. The molecule has 1 heterocycles. The molecule has 0 saturated heterocycles. The van der Waals surface area contributed by atoms with Crippen molar-refractivity contribution in [2.45, 2.75) is 6.92 Å². The maximum atomic E-state index is 10.5. The van der Waals surface area contributed by atoms with E-state index in [1.807, 2.05) is 0 Å². The number of rotatable bonds is 1. The van der Waals surface area contributed by atoms with Gasteiger partial charge in [-0.15, -0.1) is 12.4 Å². The van der Waals surface area contributed by atoms with Gasteiger partial charge in [-0.25, -0.2) is 0 Å². The lowest BCUT2D eigenvalue weighted by Gasteiger charge is -1.92. The highest BCUT2D eigenvalue weighted by molar-refractivity contribution is 5.87. The van der Waals surface area contributed by atoms with Gasteiger partial charge >= 0.3 is 0 Å². The Morgan fingerprint density at radius 2 is 2.36 bits per heavy atom. The van der Waals surface area contributed by atoms with Crippen LogP contribution in [0.5, 0.6) is 0 Å².